The summed E-state index contributed by atoms with van der Waals surface area (Å²) in [6.07, 6.45) is 1.67. The lowest BCUT2D eigenvalue weighted by Gasteiger charge is -2.26. The average molecular weight is 636 g/mol. The highest BCUT2D eigenvalue weighted by Crippen LogP contribution is 2.36. The molecule has 2 fully saturated rings. The third-order valence-corrected chi connectivity index (χ3v) is 8.47. The molecule has 3 aromatic rings. The molecule has 0 radical (unpaired) electrons. The number of thioether (sulfide) groups is 1. The maximum Gasteiger partial charge on any atom is 0.338 e. The highest BCUT2D eigenvalue weighted by atomic mass is 32.2. The number of rotatable bonds is 11. The molecule has 2 amide bonds. The molecular weight excluding hydrogens is 605 g/mol. The van der Waals surface area contributed by atoms with Crippen LogP contribution < -0.4 is 10.1 Å². The minimum absolute atomic E-state index is 0.0243. The van der Waals surface area contributed by atoms with E-state index in [1.165, 1.54) is 11.0 Å². The molecule has 2 aliphatic rings. The minimum atomic E-state index is -1.40. The number of amides is 2. The van der Waals surface area contributed by atoms with Gasteiger partial charge >= 0.3 is 5.97 Å². The second-order valence-corrected chi connectivity index (χ2v) is 11.7. The zero-order chi connectivity index (χ0) is 31.1. The van der Waals surface area contributed by atoms with Crippen LogP contribution in [0.25, 0.3) is 17.2 Å². The summed E-state index contributed by atoms with van der Waals surface area (Å²) in [5.74, 6) is -2.52. The fourth-order valence-electron chi connectivity index (χ4n) is 4.75. The quantitative estimate of drug-likeness (QED) is 0.219. The Balaban J connectivity index is 1.27. The van der Waals surface area contributed by atoms with Crippen LogP contribution in [0.5, 0.6) is 5.75 Å². The van der Waals surface area contributed by atoms with Gasteiger partial charge in [0.2, 0.25) is 5.91 Å². The number of benzene rings is 3. The Morgan fingerprint density at radius 3 is 2.55 bits per heavy atom. The second kappa shape index (κ2) is 14.6. The number of nitrogens with zero attached hydrogens (tertiary/aromatic N) is 2. The number of carbonyl (C=O) groups excluding carboxylic acids is 2. The van der Waals surface area contributed by atoms with Gasteiger partial charge in [-0.15, -0.1) is 0 Å². The van der Waals surface area contributed by atoms with Crippen molar-refractivity contribution in [3.63, 3.8) is 0 Å². The number of aromatic carboxylic acids is 1. The maximum absolute atomic E-state index is 14.0. The van der Waals surface area contributed by atoms with Gasteiger partial charge in [-0.05, 0) is 47.5 Å². The molecule has 44 heavy (non-hydrogen) atoms. The maximum atomic E-state index is 14.0. The monoisotopic (exact) mass is 635 g/mol. The van der Waals surface area contributed by atoms with Crippen LogP contribution in [0.3, 0.4) is 0 Å². The fourth-order valence-corrected chi connectivity index (χ4v) is 6.05. The van der Waals surface area contributed by atoms with Gasteiger partial charge in [0.25, 0.3) is 5.91 Å². The summed E-state index contributed by atoms with van der Waals surface area (Å²) in [5, 5.41) is 11.5. The molecule has 5 rings (SSSR count). The SMILES string of the molecule is O=C(CCN1C(=O)C(=Cc2cc(-c3ccccc3)ccc2OCCN2CCOCC2)SC1=S)Nc1ccc(C(=O)O)c(F)c1. The third-order valence-electron chi connectivity index (χ3n) is 7.09. The number of carbonyl (C=O) groups is 3. The van der Waals surface area contributed by atoms with Crippen molar-refractivity contribution in [2.24, 2.45) is 0 Å². The molecule has 2 N–H and O–H groups in total. The predicted octanol–water partition coefficient (Wildman–Crippen LogP) is 5.13. The van der Waals surface area contributed by atoms with Crippen LogP contribution in [0.15, 0.2) is 71.6 Å². The summed E-state index contributed by atoms with van der Waals surface area (Å²) in [5.41, 5.74) is 2.35. The van der Waals surface area contributed by atoms with E-state index in [1.807, 2.05) is 48.5 Å². The van der Waals surface area contributed by atoms with Gasteiger partial charge in [-0.3, -0.25) is 19.4 Å². The molecule has 2 heterocycles. The van der Waals surface area contributed by atoms with Crippen LogP contribution in [0.1, 0.15) is 22.3 Å². The Kier molecular flexibility index (Phi) is 10.4. The van der Waals surface area contributed by atoms with E-state index in [0.29, 0.717) is 34.8 Å². The predicted molar refractivity (Wildman–Crippen MR) is 171 cm³/mol. The van der Waals surface area contributed by atoms with Crippen molar-refractivity contribution in [3.8, 4) is 16.9 Å². The van der Waals surface area contributed by atoms with Crippen LogP contribution in [0.4, 0.5) is 10.1 Å². The summed E-state index contributed by atoms with van der Waals surface area (Å²) >= 11 is 6.62. The average Bonchev–Trinajstić information content (AvgIpc) is 3.28. The largest absolute Gasteiger partial charge is 0.492 e. The number of anilines is 1. The van der Waals surface area contributed by atoms with Crippen molar-refractivity contribution in [3.05, 3.63) is 88.6 Å². The molecule has 0 atom stereocenters. The number of thiocarbonyl (C=S) groups is 1. The molecule has 0 saturated carbocycles. The molecule has 2 aliphatic heterocycles. The minimum Gasteiger partial charge on any atom is -0.492 e. The van der Waals surface area contributed by atoms with Crippen LogP contribution in [-0.2, 0) is 14.3 Å². The van der Waals surface area contributed by atoms with E-state index in [1.54, 1.807) is 6.08 Å². The molecule has 0 unspecified atom stereocenters. The number of carboxylic acid groups (broad SMARTS) is 1. The first kappa shape index (κ1) is 31.3. The Bertz CT molecular complexity index is 1590. The number of hydrogen-bond donors (Lipinski definition) is 2. The molecule has 0 spiro atoms. The molecular formula is C32H30FN3O6S2. The second-order valence-electron chi connectivity index (χ2n) is 10.1. The molecule has 0 aliphatic carbocycles. The lowest BCUT2D eigenvalue weighted by Crippen LogP contribution is -2.38. The summed E-state index contributed by atoms with van der Waals surface area (Å²) in [4.78, 5) is 41.0. The number of nitrogens with one attached hydrogen (secondary N) is 1. The number of ether oxygens (including phenoxy) is 2. The number of hydrogen-bond acceptors (Lipinski definition) is 8. The van der Waals surface area contributed by atoms with Gasteiger partial charge in [0.15, 0.2) is 0 Å². The van der Waals surface area contributed by atoms with Crippen molar-refractivity contribution < 1.29 is 33.4 Å². The van der Waals surface area contributed by atoms with Gasteiger partial charge in [0.05, 0.1) is 23.7 Å². The van der Waals surface area contributed by atoms with Crippen molar-refractivity contribution in [1.82, 2.24) is 9.80 Å². The van der Waals surface area contributed by atoms with Crippen molar-refractivity contribution in [1.29, 1.82) is 0 Å². The van der Waals surface area contributed by atoms with E-state index in [2.05, 4.69) is 10.2 Å². The van der Waals surface area contributed by atoms with Crippen molar-refractivity contribution >= 4 is 57.8 Å². The summed E-state index contributed by atoms with van der Waals surface area (Å²) in [6, 6.07) is 19.1. The standard InChI is InChI=1S/C32H30FN3O6S2/c33-26-20-24(7-8-25(26)31(39)40)34-29(37)10-11-36-30(38)28(44-32(36)43)19-23-18-22(21-4-2-1-3-5-21)6-9-27(23)42-17-14-35-12-15-41-16-13-35/h1-9,18-20H,10-17H2,(H,34,37)(H,39,40). The zero-order valence-electron chi connectivity index (χ0n) is 23.7. The first-order valence-corrected chi connectivity index (χ1v) is 15.2. The molecule has 0 aromatic heterocycles. The number of morpholine rings is 1. The van der Waals surface area contributed by atoms with Gasteiger partial charge in [0, 0.05) is 43.9 Å². The van der Waals surface area contributed by atoms with E-state index in [0.717, 1.165) is 60.2 Å². The van der Waals surface area contributed by atoms with E-state index in [9.17, 15) is 18.8 Å². The van der Waals surface area contributed by atoms with Gasteiger partial charge in [0.1, 0.15) is 22.5 Å². The van der Waals surface area contributed by atoms with E-state index < -0.39 is 23.3 Å². The smallest absolute Gasteiger partial charge is 0.338 e. The lowest BCUT2D eigenvalue weighted by atomic mass is 10.0. The van der Waals surface area contributed by atoms with Gasteiger partial charge in [-0.25, -0.2) is 9.18 Å². The summed E-state index contributed by atoms with van der Waals surface area (Å²) in [7, 11) is 0. The Morgan fingerprint density at radius 1 is 1.05 bits per heavy atom. The molecule has 0 bridgehead atoms. The van der Waals surface area contributed by atoms with Crippen LogP contribution in [0.2, 0.25) is 0 Å². The van der Waals surface area contributed by atoms with Crippen molar-refractivity contribution in [2.75, 3.05) is 51.3 Å². The fraction of sp³-hybridized carbons (Fsp3) is 0.250. The van der Waals surface area contributed by atoms with Gasteiger partial charge in [-0.1, -0.05) is 60.4 Å². The zero-order valence-corrected chi connectivity index (χ0v) is 25.3. The topological polar surface area (TPSA) is 108 Å². The van der Waals surface area contributed by atoms with Crippen LogP contribution >= 0.6 is 24.0 Å². The summed E-state index contributed by atoms with van der Waals surface area (Å²) < 4.78 is 25.9. The molecule has 9 nitrogen and oxygen atoms in total. The van der Waals surface area contributed by atoms with Gasteiger partial charge < -0.3 is 19.9 Å². The van der Waals surface area contributed by atoms with Crippen LogP contribution in [-0.4, -0.2) is 83.0 Å². The molecule has 3 aromatic carbocycles. The first-order valence-electron chi connectivity index (χ1n) is 14.0. The third kappa shape index (κ3) is 7.88. The van der Waals surface area contributed by atoms with E-state index in [-0.39, 0.29) is 24.6 Å². The normalized spacial score (nSPS) is 16.4. The summed E-state index contributed by atoms with van der Waals surface area (Å²) in [6.45, 7) is 4.39. The van der Waals surface area contributed by atoms with Crippen LogP contribution in [0, 0.1) is 5.82 Å². The Labute approximate surface area is 263 Å². The van der Waals surface area contributed by atoms with Crippen molar-refractivity contribution in [2.45, 2.75) is 6.42 Å². The highest BCUT2D eigenvalue weighted by Gasteiger charge is 2.32. The molecule has 2 saturated heterocycles. The van der Waals surface area contributed by atoms with E-state index >= 15 is 0 Å². The number of halogens is 1. The number of carboxylic acids is 1. The Morgan fingerprint density at radius 2 is 1.82 bits per heavy atom. The highest BCUT2D eigenvalue weighted by molar-refractivity contribution is 8.26. The molecule has 228 valence electrons. The van der Waals surface area contributed by atoms with Gasteiger partial charge in [-0.2, -0.15) is 0 Å². The lowest BCUT2D eigenvalue weighted by molar-refractivity contribution is -0.122. The molecule has 12 heteroatoms. The Hall–Kier alpha value is -4.10. The van der Waals surface area contributed by atoms with E-state index in [4.69, 9.17) is 26.8 Å². The first-order chi connectivity index (χ1) is 21.3.